The Morgan fingerprint density at radius 3 is 2.72 bits per heavy atom. The molecule has 0 aliphatic carbocycles. The number of pyridine rings is 1. The van der Waals surface area contributed by atoms with Crippen LogP contribution in [0.4, 0.5) is 5.82 Å². The van der Waals surface area contributed by atoms with Gasteiger partial charge in [0, 0.05) is 53.1 Å². The molecule has 0 amide bonds. The number of nitrogens with zero attached hydrogens (tertiary/aromatic N) is 3. The van der Waals surface area contributed by atoms with Gasteiger partial charge in [0.2, 0.25) is 0 Å². The summed E-state index contributed by atoms with van der Waals surface area (Å²) in [5, 5.41) is 6.60. The zero-order valence-corrected chi connectivity index (χ0v) is 15.5. The number of methoxy groups -OCH3 is 1. The third-order valence-corrected chi connectivity index (χ3v) is 4.11. The van der Waals surface area contributed by atoms with Gasteiger partial charge in [0.05, 0.1) is 13.2 Å². The van der Waals surface area contributed by atoms with Crippen molar-refractivity contribution < 1.29 is 9.47 Å². The number of hydrogen-bond acceptors (Lipinski definition) is 5. The lowest BCUT2D eigenvalue weighted by Crippen LogP contribution is -2.37. The zero-order chi connectivity index (χ0) is 17.7. The Bertz CT molecular complexity index is 501. The Morgan fingerprint density at radius 2 is 2.04 bits per heavy atom. The van der Waals surface area contributed by atoms with Crippen molar-refractivity contribution in [3.8, 4) is 0 Å². The molecule has 7 heteroatoms. The lowest BCUT2D eigenvalue weighted by molar-refractivity contribution is 0.0698. The molecule has 1 fully saturated rings. The summed E-state index contributed by atoms with van der Waals surface area (Å²) < 4.78 is 10.4. The summed E-state index contributed by atoms with van der Waals surface area (Å²) in [6, 6.07) is 4.24. The molecule has 1 aliphatic rings. The minimum Gasteiger partial charge on any atom is -0.382 e. The first-order valence-electron chi connectivity index (χ1n) is 9.04. The monoisotopic (exact) mass is 349 g/mol. The lowest BCUT2D eigenvalue weighted by atomic mass is 10.3. The van der Waals surface area contributed by atoms with Crippen LogP contribution in [0.25, 0.3) is 0 Å². The predicted molar refractivity (Wildman–Crippen MR) is 101 cm³/mol. The molecule has 1 aromatic rings. The predicted octanol–water partition coefficient (Wildman–Crippen LogP) is 1.40. The molecule has 1 aliphatic heterocycles. The molecule has 2 rings (SSSR count). The molecule has 25 heavy (non-hydrogen) atoms. The number of hydrogen-bond donors (Lipinski definition) is 2. The van der Waals surface area contributed by atoms with E-state index >= 15 is 0 Å². The Labute approximate surface area is 150 Å². The molecule has 1 aromatic heterocycles. The number of aromatic nitrogens is 1. The van der Waals surface area contributed by atoms with Gasteiger partial charge in [0.15, 0.2) is 5.96 Å². The van der Waals surface area contributed by atoms with E-state index in [0.717, 1.165) is 50.0 Å². The SMILES string of the molecule is CN=C(NCCCOCCOC)NCc1ccc(N2CCCC2)nc1. The van der Waals surface area contributed by atoms with Crippen LogP contribution in [0.15, 0.2) is 23.3 Å². The number of nitrogens with one attached hydrogen (secondary N) is 2. The van der Waals surface area contributed by atoms with E-state index < -0.39 is 0 Å². The first kappa shape index (κ1) is 19.5. The molecule has 7 nitrogen and oxygen atoms in total. The zero-order valence-electron chi connectivity index (χ0n) is 15.5. The van der Waals surface area contributed by atoms with Gasteiger partial charge < -0.3 is 25.0 Å². The molecule has 0 aromatic carbocycles. The minimum atomic E-state index is 0.640. The normalized spacial score (nSPS) is 14.8. The van der Waals surface area contributed by atoms with E-state index in [9.17, 15) is 0 Å². The smallest absolute Gasteiger partial charge is 0.191 e. The molecule has 2 heterocycles. The number of guanidine groups is 1. The van der Waals surface area contributed by atoms with Crippen molar-refractivity contribution in [2.24, 2.45) is 4.99 Å². The highest BCUT2D eigenvalue weighted by Crippen LogP contribution is 2.17. The van der Waals surface area contributed by atoms with E-state index in [0.29, 0.717) is 19.8 Å². The van der Waals surface area contributed by atoms with Crippen molar-refractivity contribution >= 4 is 11.8 Å². The molecule has 0 unspecified atom stereocenters. The molecule has 140 valence electrons. The van der Waals surface area contributed by atoms with Gasteiger partial charge in [-0.25, -0.2) is 4.98 Å². The first-order valence-corrected chi connectivity index (χ1v) is 9.04. The first-order chi connectivity index (χ1) is 12.3. The van der Waals surface area contributed by atoms with Gasteiger partial charge in [0.1, 0.15) is 5.82 Å². The van der Waals surface area contributed by atoms with Crippen LogP contribution in [-0.2, 0) is 16.0 Å². The fourth-order valence-electron chi connectivity index (χ4n) is 2.69. The molecule has 0 radical (unpaired) electrons. The van der Waals surface area contributed by atoms with Crippen LogP contribution < -0.4 is 15.5 Å². The highest BCUT2D eigenvalue weighted by atomic mass is 16.5. The maximum absolute atomic E-state index is 5.43. The van der Waals surface area contributed by atoms with Gasteiger partial charge >= 0.3 is 0 Å². The van der Waals surface area contributed by atoms with E-state index in [4.69, 9.17) is 9.47 Å². The largest absolute Gasteiger partial charge is 0.382 e. The molecule has 2 N–H and O–H groups in total. The maximum atomic E-state index is 5.43. The topological polar surface area (TPSA) is 71.0 Å². The summed E-state index contributed by atoms with van der Waals surface area (Å²) >= 11 is 0. The second kappa shape index (κ2) is 11.7. The molecular weight excluding hydrogens is 318 g/mol. The summed E-state index contributed by atoms with van der Waals surface area (Å²) in [5.74, 6) is 1.87. The van der Waals surface area contributed by atoms with Gasteiger partial charge in [-0.2, -0.15) is 0 Å². The van der Waals surface area contributed by atoms with Crippen molar-refractivity contribution in [1.29, 1.82) is 0 Å². The summed E-state index contributed by atoms with van der Waals surface area (Å²) in [6.07, 6.45) is 5.41. The average Bonchev–Trinajstić information content (AvgIpc) is 3.18. The van der Waals surface area contributed by atoms with Crippen LogP contribution in [-0.4, -0.2) is 64.6 Å². The lowest BCUT2D eigenvalue weighted by Gasteiger charge is -2.16. The maximum Gasteiger partial charge on any atom is 0.191 e. The summed E-state index contributed by atoms with van der Waals surface area (Å²) in [5.41, 5.74) is 1.15. The van der Waals surface area contributed by atoms with Crippen LogP contribution in [0.2, 0.25) is 0 Å². The van der Waals surface area contributed by atoms with Crippen molar-refractivity contribution in [1.82, 2.24) is 15.6 Å². The Morgan fingerprint density at radius 1 is 1.20 bits per heavy atom. The van der Waals surface area contributed by atoms with Crippen LogP contribution in [0, 0.1) is 0 Å². The molecule has 0 spiro atoms. The van der Waals surface area contributed by atoms with E-state index in [1.165, 1.54) is 12.8 Å². The van der Waals surface area contributed by atoms with Gasteiger partial charge in [0.25, 0.3) is 0 Å². The second-order valence-corrected chi connectivity index (χ2v) is 6.03. The molecular formula is C18H31N5O2. The van der Waals surface area contributed by atoms with Crippen molar-refractivity contribution in [3.05, 3.63) is 23.9 Å². The fraction of sp³-hybridized carbons (Fsp3) is 0.667. The van der Waals surface area contributed by atoms with Crippen molar-refractivity contribution in [2.45, 2.75) is 25.8 Å². The third kappa shape index (κ3) is 7.27. The van der Waals surface area contributed by atoms with Gasteiger partial charge in [-0.05, 0) is 30.9 Å². The molecule has 0 bridgehead atoms. The Hall–Kier alpha value is -1.86. The van der Waals surface area contributed by atoms with Crippen molar-refractivity contribution in [3.63, 3.8) is 0 Å². The van der Waals surface area contributed by atoms with Crippen LogP contribution in [0.3, 0.4) is 0 Å². The Balaban J connectivity index is 1.63. The minimum absolute atomic E-state index is 0.640. The summed E-state index contributed by atoms with van der Waals surface area (Å²) in [7, 11) is 3.45. The number of aliphatic imine (C=N–C) groups is 1. The molecule has 0 atom stereocenters. The van der Waals surface area contributed by atoms with Crippen LogP contribution in [0.1, 0.15) is 24.8 Å². The van der Waals surface area contributed by atoms with Crippen LogP contribution >= 0.6 is 0 Å². The van der Waals surface area contributed by atoms with Gasteiger partial charge in [-0.3, -0.25) is 4.99 Å². The van der Waals surface area contributed by atoms with Gasteiger partial charge in [-0.15, -0.1) is 0 Å². The van der Waals surface area contributed by atoms with E-state index in [2.05, 4.69) is 37.6 Å². The number of anilines is 1. The summed E-state index contributed by atoms with van der Waals surface area (Å²) in [6.45, 7) is 5.77. The van der Waals surface area contributed by atoms with E-state index in [-0.39, 0.29) is 0 Å². The summed E-state index contributed by atoms with van der Waals surface area (Å²) in [4.78, 5) is 11.1. The van der Waals surface area contributed by atoms with Crippen molar-refractivity contribution in [2.75, 3.05) is 58.5 Å². The molecule has 1 saturated heterocycles. The highest BCUT2D eigenvalue weighted by Gasteiger charge is 2.12. The highest BCUT2D eigenvalue weighted by molar-refractivity contribution is 5.79. The number of rotatable bonds is 10. The van der Waals surface area contributed by atoms with Crippen LogP contribution in [0.5, 0.6) is 0 Å². The molecule has 0 saturated carbocycles. The fourth-order valence-corrected chi connectivity index (χ4v) is 2.69. The Kier molecular flexibility index (Phi) is 9.07. The number of ether oxygens (including phenoxy) is 2. The van der Waals surface area contributed by atoms with Gasteiger partial charge in [-0.1, -0.05) is 6.07 Å². The average molecular weight is 349 g/mol. The third-order valence-electron chi connectivity index (χ3n) is 4.11. The van der Waals surface area contributed by atoms with E-state index in [1.54, 1.807) is 14.2 Å². The quantitative estimate of drug-likeness (QED) is 0.378. The second-order valence-electron chi connectivity index (χ2n) is 6.03. The van der Waals surface area contributed by atoms with E-state index in [1.807, 2.05) is 6.20 Å². The standard InChI is InChI=1S/C18H31N5O2/c1-19-18(20-8-5-11-25-13-12-24-2)22-15-16-6-7-17(21-14-16)23-9-3-4-10-23/h6-7,14H,3-5,8-13,15H2,1-2H3,(H2,19,20,22).